The van der Waals surface area contributed by atoms with E-state index in [2.05, 4.69) is 42.5 Å². The molecule has 0 aliphatic heterocycles. The molecule has 0 saturated heterocycles. The predicted molar refractivity (Wildman–Crippen MR) is 81.1 cm³/mol. The zero-order chi connectivity index (χ0) is 14.1. The molecule has 0 aliphatic carbocycles. The van der Waals surface area contributed by atoms with Crippen LogP contribution in [0.1, 0.15) is 25.5 Å². The Kier molecular flexibility index (Phi) is 7.09. The Labute approximate surface area is 119 Å². The summed E-state index contributed by atoms with van der Waals surface area (Å²) in [5, 5.41) is 6.01. The number of amides is 1. The molecule has 4 heteroatoms. The Balaban J connectivity index is 2.44. The molecule has 102 valence electrons. The number of nitrogens with one attached hydrogen (secondary N) is 2. The molecule has 0 radical (unpaired) electrons. The minimum atomic E-state index is -0.0342. The van der Waals surface area contributed by atoms with Gasteiger partial charge >= 0.3 is 0 Å². The van der Waals surface area contributed by atoms with Gasteiger partial charge in [0.2, 0.25) is 5.91 Å². The van der Waals surface area contributed by atoms with Crippen LogP contribution in [0.15, 0.2) is 29.2 Å². The average molecular weight is 276 g/mol. The Morgan fingerprint density at radius 3 is 2.68 bits per heavy atom. The Morgan fingerprint density at radius 1 is 1.42 bits per heavy atom. The van der Waals surface area contributed by atoms with Gasteiger partial charge in [-0.2, -0.15) is 0 Å². The Hall–Kier alpha value is -1.44. The molecule has 0 heterocycles. The second kappa shape index (κ2) is 8.63. The smallest absolute Gasteiger partial charge is 0.231 e. The molecule has 2 N–H and O–H groups in total. The third-order valence-electron chi connectivity index (χ3n) is 2.65. The van der Waals surface area contributed by atoms with Crippen molar-refractivity contribution in [1.29, 1.82) is 0 Å². The number of rotatable bonds is 7. The molecule has 1 aromatic carbocycles. The van der Waals surface area contributed by atoms with Crippen molar-refractivity contribution in [3.05, 3.63) is 29.8 Å². The zero-order valence-corrected chi connectivity index (χ0v) is 12.2. The molecule has 19 heavy (non-hydrogen) atoms. The molecular formula is C15H20N2OS. The van der Waals surface area contributed by atoms with Crippen molar-refractivity contribution in [2.45, 2.75) is 24.8 Å². The van der Waals surface area contributed by atoms with Gasteiger partial charge in [0.05, 0.1) is 12.3 Å². The molecule has 1 atom stereocenters. The standard InChI is InChI=1S/C15H20N2OS/c1-4-10-17-15(18)11-19-14-8-6-13(7-9-14)12(3)16-5-2/h1,6-9,12,16H,5,10-11H2,2-3H3,(H,17,18). The van der Waals surface area contributed by atoms with Gasteiger partial charge in [-0.15, -0.1) is 18.2 Å². The van der Waals surface area contributed by atoms with Gasteiger partial charge in [0.1, 0.15) is 0 Å². The summed E-state index contributed by atoms with van der Waals surface area (Å²) in [4.78, 5) is 12.5. The normalized spacial score (nSPS) is 11.6. The van der Waals surface area contributed by atoms with Gasteiger partial charge in [0, 0.05) is 10.9 Å². The number of carbonyl (C=O) groups is 1. The number of thioether (sulfide) groups is 1. The third-order valence-corrected chi connectivity index (χ3v) is 3.66. The van der Waals surface area contributed by atoms with Crippen LogP contribution in [0.3, 0.4) is 0 Å². The second-order valence-electron chi connectivity index (χ2n) is 4.12. The fourth-order valence-electron chi connectivity index (χ4n) is 1.63. The lowest BCUT2D eigenvalue weighted by Gasteiger charge is -2.13. The first-order chi connectivity index (χ1) is 9.17. The minimum Gasteiger partial charge on any atom is -0.344 e. The van der Waals surface area contributed by atoms with Crippen molar-refractivity contribution in [3.63, 3.8) is 0 Å². The molecule has 1 aromatic rings. The molecule has 0 spiro atoms. The number of benzene rings is 1. The maximum absolute atomic E-state index is 11.4. The van der Waals surface area contributed by atoms with Gasteiger partial charge in [0.25, 0.3) is 0 Å². The topological polar surface area (TPSA) is 41.1 Å². The molecule has 0 fully saturated rings. The third kappa shape index (κ3) is 5.82. The number of carbonyl (C=O) groups excluding carboxylic acids is 1. The number of hydrogen-bond donors (Lipinski definition) is 2. The Morgan fingerprint density at radius 2 is 2.11 bits per heavy atom. The molecule has 1 amide bonds. The van der Waals surface area contributed by atoms with Crippen molar-refractivity contribution in [2.75, 3.05) is 18.8 Å². The van der Waals surface area contributed by atoms with E-state index in [1.54, 1.807) is 0 Å². The highest BCUT2D eigenvalue weighted by Gasteiger charge is 2.05. The minimum absolute atomic E-state index is 0.0342. The van der Waals surface area contributed by atoms with E-state index in [-0.39, 0.29) is 5.91 Å². The van der Waals surface area contributed by atoms with Gasteiger partial charge in [0.15, 0.2) is 0 Å². The van der Waals surface area contributed by atoms with Gasteiger partial charge < -0.3 is 10.6 Å². The summed E-state index contributed by atoms with van der Waals surface area (Å²) in [6.45, 7) is 5.47. The maximum Gasteiger partial charge on any atom is 0.231 e. The van der Waals surface area contributed by atoms with Crippen LogP contribution in [0.25, 0.3) is 0 Å². The first kappa shape index (κ1) is 15.6. The van der Waals surface area contributed by atoms with Crippen LogP contribution < -0.4 is 10.6 Å². The monoisotopic (exact) mass is 276 g/mol. The van der Waals surface area contributed by atoms with Crippen LogP contribution in [0.5, 0.6) is 0 Å². The summed E-state index contributed by atoms with van der Waals surface area (Å²) in [7, 11) is 0. The predicted octanol–water partition coefficient (Wildman–Crippen LogP) is 2.20. The first-order valence-corrected chi connectivity index (χ1v) is 7.32. The van der Waals surface area contributed by atoms with Gasteiger partial charge in [-0.05, 0) is 31.2 Å². The van der Waals surface area contributed by atoms with E-state index < -0.39 is 0 Å². The van der Waals surface area contributed by atoms with Crippen molar-refractivity contribution < 1.29 is 4.79 Å². The highest BCUT2D eigenvalue weighted by atomic mass is 32.2. The quantitative estimate of drug-likeness (QED) is 0.592. The van der Waals surface area contributed by atoms with E-state index in [9.17, 15) is 4.79 Å². The van der Waals surface area contributed by atoms with E-state index in [0.717, 1.165) is 11.4 Å². The average Bonchev–Trinajstić information content (AvgIpc) is 2.43. The fraction of sp³-hybridized carbons (Fsp3) is 0.400. The van der Waals surface area contributed by atoms with Crippen LogP contribution in [0.4, 0.5) is 0 Å². The lowest BCUT2D eigenvalue weighted by molar-refractivity contribution is -0.118. The lowest BCUT2D eigenvalue weighted by Crippen LogP contribution is -2.25. The Bertz CT molecular complexity index is 436. The largest absolute Gasteiger partial charge is 0.344 e. The molecule has 3 nitrogen and oxygen atoms in total. The summed E-state index contributed by atoms with van der Waals surface area (Å²) in [5.41, 5.74) is 1.25. The SMILES string of the molecule is C#CCNC(=O)CSc1ccc(C(C)NCC)cc1. The summed E-state index contributed by atoms with van der Waals surface area (Å²) >= 11 is 1.51. The lowest BCUT2D eigenvalue weighted by atomic mass is 10.1. The van der Waals surface area contributed by atoms with Crippen LogP contribution in [0.2, 0.25) is 0 Å². The van der Waals surface area contributed by atoms with Gasteiger partial charge in [-0.1, -0.05) is 25.0 Å². The second-order valence-corrected chi connectivity index (χ2v) is 5.17. The van der Waals surface area contributed by atoms with E-state index >= 15 is 0 Å². The van der Waals surface area contributed by atoms with Gasteiger partial charge in [-0.3, -0.25) is 4.79 Å². The van der Waals surface area contributed by atoms with E-state index in [1.807, 2.05) is 12.1 Å². The summed E-state index contributed by atoms with van der Waals surface area (Å²) in [6.07, 6.45) is 5.08. The van der Waals surface area contributed by atoms with Crippen molar-refractivity contribution in [2.24, 2.45) is 0 Å². The summed E-state index contributed by atoms with van der Waals surface area (Å²) < 4.78 is 0. The molecule has 0 aliphatic rings. The first-order valence-electron chi connectivity index (χ1n) is 6.33. The van der Waals surface area contributed by atoms with E-state index in [1.165, 1.54) is 17.3 Å². The maximum atomic E-state index is 11.4. The summed E-state index contributed by atoms with van der Waals surface area (Å²) in [6, 6.07) is 8.62. The highest BCUT2D eigenvalue weighted by molar-refractivity contribution is 8.00. The van der Waals surface area contributed by atoms with Crippen molar-refractivity contribution in [3.8, 4) is 12.3 Å². The molecule has 0 aromatic heterocycles. The van der Waals surface area contributed by atoms with Crippen LogP contribution in [-0.2, 0) is 4.79 Å². The van der Waals surface area contributed by atoms with Crippen LogP contribution in [-0.4, -0.2) is 24.7 Å². The molecular weight excluding hydrogens is 256 g/mol. The number of terminal acetylenes is 1. The highest BCUT2D eigenvalue weighted by Crippen LogP contribution is 2.20. The molecule has 1 rings (SSSR count). The fourth-order valence-corrected chi connectivity index (χ4v) is 2.35. The van der Waals surface area contributed by atoms with Crippen LogP contribution >= 0.6 is 11.8 Å². The zero-order valence-electron chi connectivity index (χ0n) is 11.4. The van der Waals surface area contributed by atoms with E-state index in [4.69, 9.17) is 6.42 Å². The molecule has 0 bridgehead atoms. The van der Waals surface area contributed by atoms with Crippen molar-refractivity contribution in [1.82, 2.24) is 10.6 Å². The van der Waals surface area contributed by atoms with Crippen molar-refractivity contribution >= 4 is 17.7 Å². The van der Waals surface area contributed by atoms with Gasteiger partial charge in [-0.25, -0.2) is 0 Å². The van der Waals surface area contributed by atoms with Crippen LogP contribution in [0, 0.1) is 12.3 Å². The van der Waals surface area contributed by atoms with E-state index in [0.29, 0.717) is 18.3 Å². The molecule has 0 saturated carbocycles. The summed E-state index contributed by atoms with van der Waals surface area (Å²) in [5.74, 6) is 2.74. The number of hydrogen-bond acceptors (Lipinski definition) is 3. The molecule has 1 unspecified atom stereocenters.